The normalized spacial score (nSPS) is 24.8. The Hall–Kier alpha value is -0.570. The number of carboxylic acid groups (broad SMARTS) is 1. The van der Waals surface area contributed by atoms with Crippen molar-refractivity contribution in [2.24, 2.45) is 11.8 Å². The van der Waals surface area contributed by atoms with Gasteiger partial charge < -0.3 is 5.11 Å². The third kappa shape index (κ3) is 3.70. The van der Waals surface area contributed by atoms with Crippen LogP contribution in [-0.2, 0) is 4.79 Å². The molecule has 100 valence electrons. The fourth-order valence-electron chi connectivity index (χ4n) is 3.04. The molecule has 2 atom stereocenters. The van der Waals surface area contributed by atoms with Crippen LogP contribution in [0.5, 0.6) is 0 Å². The van der Waals surface area contributed by atoms with Crippen molar-refractivity contribution in [2.75, 3.05) is 13.1 Å². The fraction of sp³-hybridized carbons (Fsp3) is 0.929. The van der Waals surface area contributed by atoms with Crippen molar-refractivity contribution in [1.82, 2.24) is 4.90 Å². The van der Waals surface area contributed by atoms with Gasteiger partial charge in [-0.25, -0.2) is 0 Å². The van der Waals surface area contributed by atoms with Gasteiger partial charge in [-0.1, -0.05) is 40.0 Å². The smallest absolute Gasteiger partial charge is 0.308 e. The maximum atomic E-state index is 11.2. The zero-order valence-electron chi connectivity index (χ0n) is 11.5. The molecule has 0 saturated heterocycles. The van der Waals surface area contributed by atoms with E-state index in [1.165, 1.54) is 12.8 Å². The molecular weight excluding hydrogens is 214 g/mol. The maximum absolute atomic E-state index is 11.2. The number of hydrogen-bond acceptors (Lipinski definition) is 2. The Kier molecular flexibility index (Phi) is 5.96. The monoisotopic (exact) mass is 241 g/mol. The molecule has 0 aliphatic heterocycles. The van der Waals surface area contributed by atoms with Gasteiger partial charge in [-0.15, -0.1) is 0 Å². The highest BCUT2D eigenvalue weighted by Gasteiger charge is 2.36. The highest BCUT2D eigenvalue weighted by Crippen LogP contribution is 2.31. The van der Waals surface area contributed by atoms with Gasteiger partial charge in [-0.3, -0.25) is 9.69 Å². The SMILES string of the molecule is CCC(CC)CN(CC)C1CCCC1C(=O)O. The molecule has 0 heterocycles. The molecule has 0 spiro atoms. The Bertz CT molecular complexity index is 238. The summed E-state index contributed by atoms with van der Waals surface area (Å²) in [5, 5.41) is 9.25. The van der Waals surface area contributed by atoms with Crippen LogP contribution in [0.1, 0.15) is 52.9 Å². The van der Waals surface area contributed by atoms with E-state index in [1.807, 2.05) is 0 Å². The number of aliphatic carboxylic acids is 1. The van der Waals surface area contributed by atoms with Gasteiger partial charge in [0.15, 0.2) is 0 Å². The predicted molar refractivity (Wildman–Crippen MR) is 70.1 cm³/mol. The van der Waals surface area contributed by atoms with Crippen molar-refractivity contribution in [3.05, 3.63) is 0 Å². The van der Waals surface area contributed by atoms with Crippen LogP contribution in [0.2, 0.25) is 0 Å². The summed E-state index contributed by atoms with van der Waals surface area (Å²) >= 11 is 0. The van der Waals surface area contributed by atoms with E-state index in [2.05, 4.69) is 25.7 Å². The lowest BCUT2D eigenvalue weighted by molar-refractivity contribution is -0.143. The minimum atomic E-state index is -0.601. The van der Waals surface area contributed by atoms with Gasteiger partial charge in [0.2, 0.25) is 0 Å². The van der Waals surface area contributed by atoms with E-state index in [4.69, 9.17) is 0 Å². The molecule has 1 aliphatic rings. The van der Waals surface area contributed by atoms with E-state index in [9.17, 15) is 9.90 Å². The first-order chi connectivity index (χ1) is 8.13. The molecule has 1 N–H and O–H groups in total. The molecule has 0 aromatic heterocycles. The first kappa shape index (κ1) is 14.5. The number of hydrogen-bond donors (Lipinski definition) is 1. The molecule has 1 rings (SSSR count). The minimum absolute atomic E-state index is 0.135. The van der Waals surface area contributed by atoms with Gasteiger partial charge in [0.1, 0.15) is 0 Å². The standard InChI is InChI=1S/C14H27NO2/c1-4-11(5-2)10-15(6-3)13-9-7-8-12(13)14(16)17/h11-13H,4-10H2,1-3H3,(H,16,17). The minimum Gasteiger partial charge on any atom is -0.481 e. The van der Waals surface area contributed by atoms with Crippen LogP contribution in [0.3, 0.4) is 0 Å². The third-order valence-corrected chi connectivity index (χ3v) is 4.32. The Morgan fingerprint density at radius 1 is 1.29 bits per heavy atom. The summed E-state index contributed by atoms with van der Waals surface area (Å²) in [5.41, 5.74) is 0. The molecule has 3 heteroatoms. The average Bonchev–Trinajstić information content (AvgIpc) is 2.80. The molecule has 3 nitrogen and oxygen atoms in total. The predicted octanol–water partition coefficient (Wildman–Crippen LogP) is 3.00. The van der Waals surface area contributed by atoms with Crippen LogP contribution in [0.25, 0.3) is 0 Å². The first-order valence-corrected chi connectivity index (χ1v) is 7.10. The Morgan fingerprint density at radius 2 is 1.94 bits per heavy atom. The van der Waals surface area contributed by atoms with Gasteiger partial charge >= 0.3 is 5.97 Å². The fourth-order valence-corrected chi connectivity index (χ4v) is 3.04. The van der Waals surface area contributed by atoms with Crippen LogP contribution in [0.4, 0.5) is 0 Å². The number of nitrogens with zero attached hydrogens (tertiary/aromatic N) is 1. The zero-order chi connectivity index (χ0) is 12.8. The molecular formula is C14H27NO2. The van der Waals surface area contributed by atoms with Crippen molar-refractivity contribution in [3.63, 3.8) is 0 Å². The Balaban J connectivity index is 2.62. The topological polar surface area (TPSA) is 40.5 Å². The van der Waals surface area contributed by atoms with E-state index in [1.54, 1.807) is 0 Å². The van der Waals surface area contributed by atoms with E-state index >= 15 is 0 Å². The van der Waals surface area contributed by atoms with Crippen LogP contribution < -0.4 is 0 Å². The number of carboxylic acids is 1. The second-order valence-corrected chi connectivity index (χ2v) is 5.21. The van der Waals surface area contributed by atoms with Crippen molar-refractivity contribution in [2.45, 2.75) is 58.9 Å². The summed E-state index contributed by atoms with van der Waals surface area (Å²) < 4.78 is 0. The molecule has 0 aromatic rings. The summed E-state index contributed by atoms with van der Waals surface area (Å²) in [6.45, 7) is 8.65. The molecule has 1 saturated carbocycles. The van der Waals surface area contributed by atoms with Gasteiger partial charge in [0, 0.05) is 12.6 Å². The van der Waals surface area contributed by atoms with E-state index < -0.39 is 5.97 Å². The zero-order valence-corrected chi connectivity index (χ0v) is 11.5. The average molecular weight is 241 g/mol. The van der Waals surface area contributed by atoms with Crippen LogP contribution >= 0.6 is 0 Å². The van der Waals surface area contributed by atoms with Crippen LogP contribution in [-0.4, -0.2) is 35.1 Å². The summed E-state index contributed by atoms with van der Waals surface area (Å²) in [5.74, 6) is -0.0233. The number of rotatable bonds is 7. The molecule has 17 heavy (non-hydrogen) atoms. The molecule has 1 aliphatic carbocycles. The van der Waals surface area contributed by atoms with Crippen molar-refractivity contribution in [1.29, 1.82) is 0 Å². The molecule has 0 aromatic carbocycles. The lowest BCUT2D eigenvalue weighted by Crippen LogP contribution is -2.42. The van der Waals surface area contributed by atoms with Crippen LogP contribution in [0.15, 0.2) is 0 Å². The Morgan fingerprint density at radius 3 is 2.41 bits per heavy atom. The molecule has 2 unspecified atom stereocenters. The molecule has 0 bridgehead atoms. The highest BCUT2D eigenvalue weighted by atomic mass is 16.4. The molecule has 1 fully saturated rings. The number of carbonyl (C=O) groups is 1. The van der Waals surface area contributed by atoms with Gasteiger partial charge in [-0.2, -0.15) is 0 Å². The van der Waals surface area contributed by atoms with Gasteiger partial charge in [0.05, 0.1) is 5.92 Å². The first-order valence-electron chi connectivity index (χ1n) is 7.10. The van der Waals surface area contributed by atoms with Crippen molar-refractivity contribution >= 4 is 5.97 Å². The maximum Gasteiger partial charge on any atom is 0.308 e. The summed E-state index contributed by atoms with van der Waals surface area (Å²) in [6.07, 6.45) is 5.38. The lowest BCUT2D eigenvalue weighted by atomic mass is 9.98. The largest absolute Gasteiger partial charge is 0.481 e. The third-order valence-electron chi connectivity index (χ3n) is 4.32. The van der Waals surface area contributed by atoms with E-state index in [-0.39, 0.29) is 12.0 Å². The van der Waals surface area contributed by atoms with Gasteiger partial charge in [-0.05, 0) is 25.3 Å². The van der Waals surface area contributed by atoms with Crippen LogP contribution in [0, 0.1) is 11.8 Å². The van der Waals surface area contributed by atoms with Crippen molar-refractivity contribution < 1.29 is 9.90 Å². The summed E-state index contributed by atoms with van der Waals surface area (Å²) in [7, 11) is 0. The molecule has 0 radical (unpaired) electrons. The highest BCUT2D eigenvalue weighted by molar-refractivity contribution is 5.71. The second-order valence-electron chi connectivity index (χ2n) is 5.21. The molecule has 0 amide bonds. The van der Waals surface area contributed by atoms with Gasteiger partial charge in [0.25, 0.3) is 0 Å². The lowest BCUT2D eigenvalue weighted by Gasteiger charge is -2.33. The summed E-state index contributed by atoms with van der Waals surface area (Å²) in [6, 6.07) is 0.276. The summed E-state index contributed by atoms with van der Waals surface area (Å²) in [4.78, 5) is 13.6. The van der Waals surface area contributed by atoms with Crippen molar-refractivity contribution in [3.8, 4) is 0 Å². The second kappa shape index (κ2) is 7.00. The van der Waals surface area contributed by atoms with E-state index in [0.29, 0.717) is 5.92 Å². The van der Waals surface area contributed by atoms with E-state index in [0.717, 1.165) is 32.4 Å². The quantitative estimate of drug-likeness (QED) is 0.745. The Labute approximate surface area is 105 Å².